The van der Waals surface area contributed by atoms with Gasteiger partial charge in [-0.25, -0.2) is 0 Å². The minimum Gasteiger partial charge on any atom is -0.504 e. The summed E-state index contributed by atoms with van der Waals surface area (Å²) in [6.07, 6.45) is 3.38. The van der Waals surface area contributed by atoms with Crippen molar-refractivity contribution in [3.8, 4) is 11.5 Å². The fraction of sp³-hybridized carbons (Fsp3) is 0.588. The minimum absolute atomic E-state index is 0.0318. The van der Waals surface area contributed by atoms with Crippen LogP contribution in [0.5, 0.6) is 11.5 Å². The maximum atomic E-state index is 11.0. The number of piperazine rings is 1. The predicted molar refractivity (Wildman–Crippen MR) is 86.1 cm³/mol. The monoisotopic (exact) mass is 306 g/mol. The maximum Gasteiger partial charge on any atom is 0.308 e. The quantitative estimate of drug-likeness (QED) is 0.624. The van der Waals surface area contributed by atoms with E-state index >= 15 is 0 Å². The van der Waals surface area contributed by atoms with E-state index in [1.165, 1.54) is 6.92 Å². The Balaban J connectivity index is 2.18. The van der Waals surface area contributed by atoms with Crippen molar-refractivity contribution in [2.75, 3.05) is 26.2 Å². The number of rotatable bonds is 6. The number of unbranched alkanes of at least 4 members (excludes halogenated alkanes) is 1. The smallest absolute Gasteiger partial charge is 0.308 e. The van der Waals surface area contributed by atoms with E-state index in [-0.39, 0.29) is 11.5 Å². The summed E-state index contributed by atoms with van der Waals surface area (Å²) in [6, 6.07) is 5.69. The van der Waals surface area contributed by atoms with E-state index in [0.29, 0.717) is 6.04 Å². The lowest BCUT2D eigenvalue weighted by molar-refractivity contribution is -0.132. The average Bonchev–Trinajstić information content (AvgIpc) is 2.51. The van der Waals surface area contributed by atoms with Crippen molar-refractivity contribution in [1.29, 1.82) is 0 Å². The second kappa shape index (κ2) is 8.15. The molecule has 0 saturated carbocycles. The fourth-order valence-corrected chi connectivity index (χ4v) is 2.93. The summed E-state index contributed by atoms with van der Waals surface area (Å²) >= 11 is 0. The molecule has 0 aliphatic carbocycles. The number of carbonyl (C=O) groups excluding carboxylic acids is 1. The average molecular weight is 306 g/mol. The topological polar surface area (TPSA) is 61.8 Å². The van der Waals surface area contributed by atoms with Gasteiger partial charge in [0.15, 0.2) is 11.5 Å². The van der Waals surface area contributed by atoms with Gasteiger partial charge in [-0.05, 0) is 24.1 Å². The number of nitrogens with zero attached hydrogens (tertiary/aromatic N) is 1. The van der Waals surface area contributed by atoms with Gasteiger partial charge < -0.3 is 15.2 Å². The fourth-order valence-electron chi connectivity index (χ4n) is 2.93. The van der Waals surface area contributed by atoms with Crippen LogP contribution in [0.1, 0.15) is 44.7 Å². The zero-order valence-corrected chi connectivity index (χ0v) is 13.5. The molecule has 0 radical (unpaired) electrons. The van der Waals surface area contributed by atoms with Crippen LogP contribution in [0.4, 0.5) is 0 Å². The van der Waals surface area contributed by atoms with Crippen molar-refractivity contribution in [3.63, 3.8) is 0 Å². The molecule has 0 bridgehead atoms. The zero-order valence-electron chi connectivity index (χ0n) is 13.5. The third kappa shape index (κ3) is 4.45. The van der Waals surface area contributed by atoms with Crippen molar-refractivity contribution >= 4 is 5.97 Å². The molecule has 1 heterocycles. The van der Waals surface area contributed by atoms with Crippen LogP contribution in [0.15, 0.2) is 18.2 Å². The molecule has 0 unspecified atom stereocenters. The molecule has 1 fully saturated rings. The number of aromatic hydroxyl groups is 1. The van der Waals surface area contributed by atoms with Crippen LogP contribution < -0.4 is 10.1 Å². The molecule has 1 aliphatic rings. The van der Waals surface area contributed by atoms with E-state index in [2.05, 4.69) is 17.1 Å². The maximum absolute atomic E-state index is 11.0. The minimum atomic E-state index is -0.423. The van der Waals surface area contributed by atoms with Gasteiger partial charge in [0.2, 0.25) is 0 Å². The van der Waals surface area contributed by atoms with Crippen LogP contribution in [0.25, 0.3) is 0 Å². The second-order valence-electron chi connectivity index (χ2n) is 5.76. The molecule has 5 heteroatoms. The van der Waals surface area contributed by atoms with Gasteiger partial charge in [0.05, 0.1) is 0 Å². The lowest BCUT2D eigenvalue weighted by Gasteiger charge is -2.35. The highest BCUT2D eigenvalue weighted by Gasteiger charge is 2.22. The summed E-state index contributed by atoms with van der Waals surface area (Å²) in [7, 11) is 0. The molecule has 1 aromatic carbocycles. The molecule has 0 aromatic heterocycles. The Morgan fingerprint density at radius 2 is 2.14 bits per heavy atom. The molecule has 2 N–H and O–H groups in total. The van der Waals surface area contributed by atoms with E-state index in [1.54, 1.807) is 12.1 Å². The van der Waals surface area contributed by atoms with Gasteiger partial charge in [0.25, 0.3) is 0 Å². The first-order valence-electron chi connectivity index (χ1n) is 8.08. The molecule has 1 aliphatic heterocycles. The summed E-state index contributed by atoms with van der Waals surface area (Å²) in [5.74, 6) is -0.164. The molecular weight excluding hydrogens is 280 g/mol. The van der Waals surface area contributed by atoms with Gasteiger partial charge in [0, 0.05) is 39.1 Å². The molecule has 2 rings (SSSR count). The number of phenols is 1. The summed E-state index contributed by atoms with van der Waals surface area (Å²) in [4.78, 5) is 13.5. The Morgan fingerprint density at radius 3 is 2.73 bits per heavy atom. The van der Waals surface area contributed by atoms with Crippen molar-refractivity contribution in [2.24, 2.45) is 0 Å². The number of benzene rings is 1. The van der Waals surface area contributed by atoms with Gasteiger partial charge in [-0.2, -0.15) is 0 Å². The number of ether oxygens (including phenoxy) is 1. The van der Waals surface area contributed by atoms with E-state index in [9.17, 15) is 9.90 Å². The first-order valence-corrected chi connectivity index (χ1v) is 8.08. The highest BCUT2D eigenvalue weighted by Crippen LogP contribution is 2.33. The van der Waals surface area contributed by atoms with Gasteiger partial charge >= 0.3 is 5.97 Å². The molecule has 0 spiro atoms. The van der Waals surface area contributed by atoms with E-state index in [0.717, 1.165) is 51.0 Å². The normalized spacial score (nSPS) is 17.2. The Morgan fingerprint density at radius 1 is 1.41 bits per heavy atom. The molecule has 1 aromatic rings. The zero-order chi connectivity index (χ0) is 15.9. The molecule has 1 atom stereocenters. The Bertz CT molecular complexity index is 499. The van der Waals surface area contributed by atoms with Crippen molar-refractivity contribution in [2.45, 2.75) is 39.2 Å². The van der Waals surface area contributed by atoms with E-state index in [4.69, 9.17) is 4.74 Å². The number of hydrogen-bond acceptors (Lipinski definition) is 5. The molecule has 122 valence electrons. The van der Waals surface area contributed by atoms with Gasteiger partial charge in [-0.15, -0.1) is 0 Å². The number of nitrogens with one attached hydrogen (secondary N) is 1. The lowest BCUT2D eigenvalue weighted by atomic mass is 9.98. The Labute approximate surface area is 132 Å². The van der Waals surface area contributed by atoms with E-state index in [1.807, 2.05) is 6.07 Å². The van der Waals surface area contributed by atoms with Crippen LogP contribution in [-0.2, 0) is 4.79 Å². The predicted octanol–water partition coefficient (Wildman–Crippen LogP) is 2.45. The number of carbonyl (C=O) groups is 1. The molecule has 22 heavy (non-hydrogen) atoms. The van der Waals surface area contributed by atoms with Crippen molar-refractivity contribution < 1.29 is 14.6 Å². The van der Waals surface area contributed by atoms with Crippen molar-refractivity contribution in [1.82, 2.24) is 10.2 Å². The SMILES string of the molecule is CCCC[C@@H](c1ccc(OC(C)=O)c(O)c1)N1CCNCC1. The van der Waals surface area contributed by atoms with Gasteiger partial charge in [-0.3, -0.25) is 9.69 Å². The molecule has 0 amide bonds. The third-order valence-electron chi connectivity index (χ3n) is 4.04. The lowest BCUT2D eigenvalue weighted by Crippen LogP contribution is -2.45. The first-order chi connectivity index (χ1) is 10.6. The van der Waals surface area contributed by atoms with Crippen molar-refractivity contribution in [3.05, 3.63) is 23.8 Å². The number of esters is 1. The molecule has 1 saturated heterocycles. The largest absolute Gasteiger partial charge is 0.504 e. The number of hydrogen-bond donors (Lipinski definition) is 2. The first kappa shape index (κ1) is 16.8. The Hall–Kier alpha value is -1.59. The van der Waals surface area contributed by atoms with Crippen LogP contribution in [-0.4, -0.2) is 42.2 Å². The molecular formula is C17H26N2O3. The van der Waals surface area contributed by atoms with Gasteiger partial charge in [0.1, 0.15) is 0 Å². The third-order valence-corrected chi connectivity index (χ3v) is 4.04. The summed E-state index contributed by atoms with van der Waals surface area (Å²) < 4.78 is 4.99. The summed E-state index contributed by atoms with van der Waals surface area (Å²) in [5, 5.41) is 13.5. The van der Waals surface area contributed by atoms with Gasteiger partial charge in [-0.1, -0.05) is 25.8 Å². The van der Waals surface area contributed by atoms with E-state index < -0.39 is 5.97 Å². The van der Waals surface area contributed by atoms with Crippen LogP contribution in [0.3, 0.4) is 0 Å². The number of phenolic OH excluding ortho intramolecular Hbond substituents is 1. The van der Waals surface area contributed by atoms with Crippen LogP contribution in [0, 0.1) is 0 Å². The highest BCUT2D eigenvalue weighted by atomic mass is 16.5. The Kier molecular flexibility index (Phi) is 6.21. The van der Waals surface area contributed by atoms with Crippen LogP contribution in [0.2, 0.25) is 0 Å². The summed E-state index contributed by atoms with van der Waals surface area (Å²) in [6.45, 7) is 7.55. The highest BCUT2D eigenvalue weighted by molar-refractivity contribution is 5.70. The van der Waals surface area contributed by atoms with Crippen LogP contribution >= 0.6 is 0 Å². The second-order valence-corrected chi connectivity index (χ2v) is 5.76. The standard InChI is InChI=1S/C17H26N2O3/c1-3-4-5-15(19-10-8-18-9-11-19)14-6-7-17(16(21)12-14)22-13(2)20/h6-7,12,15,18,21H,3-5,8-11H2,1-2H3/t15-/m0/s1. The summed E-state index contributed by atoms with van der Waals surface area (Å²) in [5.41, 5.74) is 1.09. The molecule has 5 nitrogen and oxygen atoms in total.